The van der Waals surface area contributed by atoms with Crippen LogP contribution < -0.4 is 10.0 Å². The second kappa shape index (κ2) is 15.7. The number of rotatable bonds is 13. The van der Waals surface area contributed by atoms with E-state index in [1.54, 1.807) is 30.3 Å². The van der Waals surface area contributed by atoms with Crippen molar-refractivity contribution in [3.8, 4) is 11.1 Å². The molecule has 4 aromatic rings. The number of amides is 3. The van der Waals surface area contributed by atoms with Crippen molar-refractivity contribution in [1.29, 1.82) is 0 Å². The number of carbonyl (C=O) groups is 2. The minimum absolute atomic E-state index is 0.0152. The van der Waals surface area contributed by atoms with Crippen LogP contribution in [0, 0.1) is 0 Å². The summed E-state index contributed by atoms with van der Waals surface area (Å²) >= 11 is 0. The number of nitrogens with zero attached hydrogens (tertiary/aromatic N) is 1. The number of benzene rings is 4. The Bertz CT molecular complexity index is 1700. The van der Waals surface area contributed by atoms with Crippen molar-refractivity contribution in [1.82, 2.24) is 14.9 Å². The summed E-state index contributed by atoms with van der Waals surface area (Å²) in [4.78, 5) is 27.9. The highest BCUT2D eigenvalue weighted by Gasteiger charge is 2.23. The fraction of sp³-hybridized carbons (Fsp3) is 0.316. The molecule has 0 bridgehead atoms. The number of hydrogen-bond acceptors (Lipinski definition) is 4. The third-order valence-electron chi connectivity index (χ3n) is 7.91. The third kappa shape index (κ3) is 9.54. The molecule has 0 aliphatic carbocycles. The van der Waals surface area contributed by atoms with Gasteiger partial charge in [0.15, 0.2) is 0 Å². The summed E-state index contributed by atoms with van der Waals surface area (Å²) < 4.78 is 29.1. The van der Waals surface area contributed by atoms with Gasteiger partial charge in [-0.25, -0.2) is 17.9 Å². The van der Waals surface area contributed by atoms with Gasteiger partial charge in [-0.05, 0) is 58.7 Å². The van der Waals surface area contributed by atoms with Gasteiger partial charge in [0.25, 0.3) is 15.9 Å². The van der Waals surface area contributed by atoms with Gasteiger partial charge in [-0.1, -0.05) is 125 Å². The monoisotopic (exact) mass is 639 g/mol. The lowest BCUT2D eigenvalue weighted by atomic mass is 9.87. The van der Waals surface area contributed by atoms with Crippen molar-refractivity contribution in [2.45, 2.75) is 70.2 Å². The molecule has 0 spiro atoms. The smallest absolute Gasteiger partial charge is 0.317 e. The summed E-state index contributed by atoms with van der Waals surface area (Å²) in [6.07, 6.45) is 3.77. The Hall–Kier alpha value is -4.43. The molecule has 0 fully saturated rings. The first kappa shape index (κ1) is 34.4. The molecule has 3 amide bonds. The maximum Gasteiger partial charge on any atom is 0.317 e. The molecule has 0 unspecified atom stereocenters. The SMILES string of the molecule is CCCCCN(Cc1ccc(-c2ccccc2S(=O)(=O)NC(=O)c2ccc(C(C)(C)C)cc2)cc1)C(=O)NCCc1ccccc1. The fourth-order valence-corrected chi connectivity index (χ4v) is 6.39. The highest BCUT2D eigenvalue weighted by Crippen LogP contribution is 2.28. The summed E-state index contributed by atoms with van der Waals surface area (Å²) in [5, 5.41) is 3.06. The van der Waals surface area contributed by atoms with Gasteiger partial charge < -0.3 is 10.2 Å². The van der Waals surface area contributed by atoms with Gasteiger partial charge in [-0.2, -0.15) is 0 Å². The average Bonchev–Trinajstić information content (AvgIpc) is 3.04. The third-order valence-corrected chi connectivity index (χ3v) is 9.30. The predicted molar refractivity (Wildman–Crippen MR) is 185 cm³/mol. The molecule has 46 heavy (non-hydrogen) atoms. The lowest BCUT2D eigenvalue weighted by Gasteiger charge is -2.23. The van der Waals surface area contributed by atoms with Gasteiger partial charge in [-0.3, -0.25) is 4.79 Å². The number of carbonyl (C=O) groups excluding carboxylic acids is 2. The minimum atomic E-state index is -4.17. The van der Waals surface area contributed by atoms with E-state index in [0.29, 0.717) is 30.8 Å². The highest BCUT2D eigenvalue weighted by molar-refractivity contribution is 7.90. The van der Waals surface area contributed by atoms with Gasteiger partial charge in [0.1, 0.15) is 0 Å². The molecule has 0 aliphatic heterocycles. The van der Waals surface area contributed by atoms with Gasteiger partial charge in [-0.15, -0.1) is 0 Å². The van der Waals surface area contributed by atoms with Crippen LogP contribution >= 0.6 is 0 Å². The zero-order chi connectivity index (χ0) is 33.2. The Labute approximate surface area is 274 Å². The van der Waals surface area contributed by atoms with E-state index in [4.69, 9.17) is 0 Å². The average molecular weight is 640 g/mol. The second-order valence-corrected chi connectivity index (χ2v) is 14.2. The topological polar surface area (TPSA) is 95.6 Å². The van der Waals surface area contributed by atoms with Crippen LogP contribution in [0.15, 0.2) is 108 Å². The summed E-state index contributed by atoms with van der Waals surface area (Å²) in [6.45, 7) is 9.99. The Morgan fingerprint density at radius 2 is 1.41 bits per heavy atom. The van der Waals surface area contributed by atoms with E-state index >= 15 is 0 Å². The molecule has 4 aromatic carbocycles. The highest BCUT2D eigenvalue weighted by atomic mass is 32.2. The summed E-state index contributed by atoms with van der Waals surface area (Å²) in [5.41, 5.74) is 4.52. The first-order chi connectivity index (χ1) is 22.0. The van der Waals surface area contributed by atoms with Crippen molar-refractivity contribution < 1.29 is 18.0 Å². The second-order valence-electron chi connectivity index (χ2n) is 12.6. The van der Waals surface area contributed by atoms with Gasteiger partial charge in [0.05, 0.1) is 4.90 Å². The van der Waals surface area contributed by atoms with Gasteiger partial charge in [0.2, 0.25) is 0 Å². The molecular weight excluding hydrogens is 595 g/mol. The molecule has 2 N–H and O–H groups in total. The molecule has 0 heterocycles. The van der Waals surface area contributed by atoms with Crippen LogP contribution in [0.2, 0.25) is 0 Å². The maximum atomic E-state index is 13.4. The van der Waals surface area contributed by atoms with Crippen LogP contribution in [-0.2, 0) is 28.4 Å². The summed E-state index contributed by atoms with van der Waals surface area (Å²) in [7, 11) is -4.17. The number of unbranched alkanes of at least 4 members (excludes halogenated alkanes) is 2. The van der Waals surface area contributed by atoms with Gasteiger partial charge >= 0.3 is 6.03 Å². The zero-order valence-corrected chi connectivity index (χ0v) is 28.1. The lowest BCUT2D eigenvalue weighted by Crippen LogP contribution is -2.40. The summed E-state index contributed by atoms with van der Waals surface area (Å²) in [6, 6.07) is 31.1. The predicted octanol–water partition coefficient (Wildman–Crippen LogP) is 7.71. The molecule has 0 saturated carbocycles. The first-order valence-electron chi connectivity index (χ1n) is 15.9. The Balaban J connectivity index is 1.46. The molecule has 0 saturated heterocycles. The zero-order valence-electron chi connectivity index (χ0n) is 27.3. The van der Waals surface area contributed by atoms with E-state index in [9.17, 15) is 18.0 Å². The quantitative estimate of drug-likeness (QED) is 0.147. The molecule has 0 radical (unpaired) electrons. The number of nitrogens with one attached hydrogen (secondary N) is 2. The molecular formula is C38H45N3O4S. The van der Waals surface area contributed by atoms with E-state index in [0.717, 1.165) is 36.8 Å². The van der Waals surface area contributed by atoms with Crippen LogP contribution in [0.5, 0.6) is 0 Å². The molecule has 0 aromatic heterocycles. The van der Waals surface area contributed by atoms with E-state index in [1.165, 1.54) is 11.6 Å². The summed E-state index contributed by atoms with van der Waals surface area (Å²) in [5.74, 6) is -0.684. The van der Waals surface area contributed by atoms with Crippen LogP contribution in [0.1, 0.15) is 74.0 Å². The molecule has 242 valence electrons. The molecule has 0 atom stereocenters. The van der Waals surface area contributed by atoms with E-state index < -0.39 is 15.9 Å². The molecule has 0 aliphatic rings. The Kier molecular flexibility index (Phi) is 11.8. The minimum Gasteiger partial charge on any atom is -0.338 e. The van der Waals surface area contributed by atoms with E-state index in [2.05, 4.69) is 49.9 Å². The van der Waals surface area contributed by atoms with Crippen LogP contribution in [0.3, 0.4) is 0 Å². The van der Waals surface area contributed by atoms with Crippen molar-refractivity contribution in [2.75, 3.05) is 13.1 Å². The number of urea groups is 1. The van der Waals surface area contributed by atoms with Gasteiger partial charge in [0, 0.05) is 30.8 Å². The normalized spacial score (nSPS) is 11.6. The molecule has 8 heteroatoms. The van der Waals surface area contributed by atoms with Crippen molar-refractivity contribution in [3.63, 3.8) is 0 Å². The van der Waals surface area contributed by atoms with Crippen molar-refractivity contribution in [3.05, 3.63) is 125 Å². The van der Waals surface area contributed by atoms with Crippen molar-refractivity contribution in [2.24, 2.45) is 0 Å². The molecule has 4 rings (SSSR count). The van der Waals surface area contributed by atoms with Crippen molar-refractivity contribution >= 4 is 22.0 Å². The Morgan fingerprint density at radius 1 is 0.761 bits per heavy atom. The van der Waals surface area contributed by atoms with E-state index in [1.807, 2.05) is 59.5 Å². The van der Waals surface area contributed by atoms with Crippen LogP contribution in [0.4, 0.5) is 4.79 Å². The van der Waals surface area contributed by atoms with E-state index in [-0.39, 0.29) is 21.9 Å². The maximum absolute atomic E-state index is 13.4. The Morgan fingerprint density at radius 3 is 2.07 bits per heavy atom. The number of sulfonamides is 1. The van der Waals surface area contributed by atoms with Crippen LogP contribution in [-0.4, -0.2) is 38.3 Å². The largest absolute Gasteiger partial charge is 0.338 e. The standard InChI is InChI=1S/C38H45N3O4S/c1-5-6-12-27-41(37(43)39-26-25-29-13-8-7-9-14-29)28-30-17-19-31(20-18-30)34-15-10-11-16-35(34)46(44,45)40-36(42)32-21-23-33(24-22-32)38(2,3)4/h7-11,13-24H,5-6,12,25-28H2,1-4H3,(H,39,43)(H,40,42). The molecule has 7 nitrogen and oxygen atoms in total. The fourth-order valence-electron chi connectivity index (χ4n) is 5.18. The number of hydrogen-bond donors (Lipinski definition) is 2. The lowest BCUT2D eigenvalue weighted by molar-refractivity contribution is 0.0981. The first-order valence-corrected chi connectivity index (χ1v) is 17.4. The van der Waals surface area contributed by atoms with Crippen LogP contribution in [0.25, 0.3) is 11.1 Å².